The number of hydrogen-bond donors (Lipinski definition) is 1. The molecule has 1 amide bonds. The van der Waals surface area contributed by atoms with E-state index in [9.17, 15) is 4.79 Å². The molecule has 0 unspecified atom stereocenters. The van der Waals surface area contributed by atoms with Crippen LogP contribution < -0.4 is 5.32 Å². The first-order valence-corrected chi connectivity index (χ1v) is 15.5. The summed E-state index contributed by atoms with van der Waals surface area (Å²) in [5.41, 5.74) is 4.90. The zero-order chi connectivity index (χ0) is 26.2. The number of benzene rings is 2. The van der Waals surface area contributed by atoms with Crippen molar-refractivity contribution in [3.05, 3.63) is 65.7 Å². The topological polar surface area (TPSA) is 48.5 Å². The van der Waals surface area contributed by atoms with E-state index in [4.69, 9.17) is 4.98 Å². The number of rotatable bonds is 6. The fourth-order valence-electron chi connectivity index (χ4n) is 8.11. The Morgan fingerprint density at radius 1 is 0.846 bits per heavy atom. The third kappa shape index (κ3) is 5.12. The molecule has 7 rings (SSSR count). The predicted molar refractivity (Wildman–Crippen MR) is 158 cm³/mol. The van der Waals surface area contributed by atoms with Crippen molar-refractivity contribution in [3.8, 4) is 11.3 Å². The third-order valence-corrected chi connectivity index (χ3v) is 10.2. The highest BCUT2D eigenvalue weighted by atomic mass is 16.1. The van der Waals surface area contributed by atoms with E-state index in [1.165, 1.54) is 64.5 Å². The summed E-state index contributed by atoms with van der Waals surface area (Å²) in [6, 6.07) is 19.8. The molecule has 1 N–H and O–H groups in total. The minimum atomic E-state index is 0.0986. The van der Waals surface area contributed by atoms with Crippen LogP contribution in [0.3, 0.4) is 0 Å². The van der Waals surface area contributed by atoms with Crippen LogP contribution in [0.15, 0.2) is 54.6 Å². The molecule has 3 atom stereocenters. The number of hydrogen-bond acceptors (Lipinski definition) is 4. The number of aromatic nitrogens is 1. The Bertz CT molecular complexity index is 1310. The van der Waals surface area contributed by atoms with Gasteiger partial charge < -0.3 is 10.2 Å². The Morgan fingerprint density at radius 3 is 2.36 bits per heavy atom. The van der Waals surface area contributed by atoms with E-state index in [1.807, 2.05) is 6.07 Å². The number of nitrogens with zero attached hydrogens (tertiary/aromatic N) is 3. The van der Waals surface area contributed by atoms with E-state index in [-0.39, 0.29) is 5.91 Å². The van der Waals surface area contributed by atoms with Crippen LogP contribution in [0.5, 0.6) is 0 Å². The first kappa shape index (κ1) is 25.2. The lowest BCUT2D eigenvalue weighted by Crippen LogP contribution is -2.46. The highest BCUT2D eigenvalue weighted by Crippen LogP contribution is 2.44. The van der Waals surface area contributed by atoms with Gasteiger partial charge in [0.25, 0.3) is 5.91 Å². The zero-order valence-electron chi connectivity index (χ0n) is 23.2. The Balaban J connectivity index is 1.23. The molecule has 3 heterocycles. The number of fused-ring (bicyclic) bond motifs is 3. The van der Waals surface area contributed by atoms with Gasteiger partial charge in [0.2, 0.25) is 0 Å². The summed E-state index contributed by atoms with van der Waals surface area (Å²) in [5.74, 6) is 1.55. The summed E-state index contributed by atoms with van der Waals surface area (Å²) in [5, 5.41) is 4.52. The Kier molecular flexibility index (Phi) is 7.12. The molecule has 1 aromatic heterocycles. The molecule has 2 aliphatic carbocycles. The van der Waals surface area contributed by atoms with Gasteiger partial charge in [-0.25, -0.2) is 4.98 Å². The largest absolute Gasteiger partial charge is 0.349 e. The van der Waals surface area contributed by atoms with E-state index in [0.717, 1.165) is 65.3 Å². The summed E-state index contributed by atoms with van der Waals surface area (Å²) in [4.78, 5) is 24.7. The Hall–Kier alpha value is -2.76. The number of amides is 1. The maximum Gasteiger partial charge on any atom is 0.252 e. The van der Waals surface area contributed by atoms with E-state index in [1.54, 1.807) is 0 Å². The molecule has 4 aliphatic rings. The summed E-state index contributed by atoms with van der Waals surface area (Å²) in [7, 11) is 0. The number of pyridine rings is 1. The van der Waals surface area contributed by atoms with E-state index >= 15 is 0 Å². The molecule has 2 bridgehead atoms. The van der Waals surface area contributed by atoms with Crippen molar-refractivity contribution in [2.45, 2.75) is 76.4 Å². The summed E-state index contributed by atoms with van der Waals surface area (Å²) in [6.45, 7) is 5.47. The van der Waals surface area contributed by atoms with Gasteiger partial charge in [0.05, 0.1) is 16.8 Å². The summed E-state index contributed by atoms with van der Waals surface area (Å²) < 4.78 is 0. The van der Waals surface area contributed by atoms with Crippen LogP contribution in [0.4, 0.5) is 0 Å². The van der Waals surface area contributed by atoms with Gasteiger partial charge in [-0.1, -0.05) is 61.4 Å². The van der Waals surface area contributed by atoms with Crippen LogP contribution in [-0.2, 0) is 6.54 Å². The molecule has 3 aromatic rings. The average Bonchev–Trinajstić information content (AvgIpc) is 3.62. The normalized spacial score (nSPS) is 26.3. The van der Waals surface area contributed by atoms with Gasteiger partial charge in [0, 0.05) is 35.1 Å². The van der Waals surface area contributed by atoms with Gasteiger partial charge >= 0.3 is 0 Å². The minimum Gasteiger partial charge on any atom is -0.349 e. The molecule has 5 heteroatoms. The standard InChI is InChI=1S/C34H42N4O/c39-34(36-31-22-24-13-14-26(31)21-24)32-28-11-5-6-12-30(28)35-33(25-9-3-1-4-10-25)29(32)23-37-19-15-27(16-20-37)38-17-7-2-8-18-38/h1,3-6,9-12,24,26-27,31H,2,7-8,13-23H2,(H,36,39)/t24-,26+,31+/m1/s1. The van der Waals surface area contributed by atoms with Gasteiger partial charge in [-0.2, -0.15) is 0 Å². The van der Waals surface area contributed by atoms with Crippen molar-refractivity contribution in [2.24, 2.45) is 11.8 Å². The van der Waals surface area contributed by atoms with Crippen LogP contribution in [0, 0.1) is 11.8 Å². The van der Waals surface area contributed by atoms with Crippen LogP contribution in [0.1, 0.15) is 73.7 Å². The van der Waals surface area contributed by atoms with Gasteiger partial charge in [-0.15, -0.1) is 0 Å². The number of nitrogens with one attached hydrogen (secondary N) is 1. The smallest absolute Gasteiger partial charge is 0.252 e. The predicted octanol–water partition coefficient (Wildman–Crippen LogP) is 6.27. The first-order chi connectivity index (χ1) is 19.2. The molecule has 39 heavy (non-hydrogen) atoms. The summed E-state index contributed by atoms with van der Waals surface area (Å²) in [6.07, 6.45) is 11.6. The molecular formula is C34H42N4O. The van der Waals surface area contributed by atoms with Crippen LogP contribution >= 0.6 is 0 Å². The van der Waals surface area contributed by atoms with Gasteiger partial charge in [0.15, 0.2) is 0 Å². The van der Waals surface area contributed by atoms with E-state index in [2.05, 4.69) is 63.6 Å². The fourth-order valence-corrected chi connectivity index (χ4v) is 8.11. The minimum absolute atomic E-state index is 0.0986. The average molecular weight is 523 g/mol. The molecular weight excluding hydrogens is 480 g/mol. The van der Waals surface area contributed by atoms with E-state index in [0.29, 0.717) is 18.0 Å². The molecule has 204 valence electrons. The highest BCUT2D eigenvalue weighted by Gasteiger charge is 2.40. The molecule has 4 fully saturated rings. The monoisotopic (exact) mass is 522 g/mol. The number of carbonyl (C=O) groups excluding carboxylic acids is 1. The SMILES string of the molecule is O=C(N[C@H]1C[C@@H]2CC[C@H]1C2)c1c(CN2CCC(N3CCCCC3)CC2)c(-c2ccccc2)nc2ccccc12. The van der Waals surface area contributed by atoms with Crippen molar-refractivity contribution in [3.63, 3.8) is 0 Å². The third-order valence-electron chi connectivity index (χ3n) is 10.2. The maximum absolute atomic E-state index is 14.2. The highest BCUT2D eigenvalue weighted by molar-refractivity contribution is 6.09. The fraction of sp³-hybridized carbons (Fsp3) is 0.529. The lowest BCUT2D eigenvalue weighted by Gasteiger charge is -2.40. The van der Waals surface area contributed by atoms with E-state index < -0.39 is 0 Å². The second kappa shape index (κ2) is 11.0. The number of piperidine rings is 2. The Labute approximate surface area is 233 Å². The Morgan fingerprint density at radius 2 is 1.62 bits per heavy atom. The lowest BCUT2D eigenvalue weighted by atomic mass is 9.92. The van der Waals surface area contributed by atoms with Crippen molar-refractivity contribution in [2.75, 3.05) is 26.2 Å². The number of carbonyl (C=O) groups is 1. The second-order valence-corrected chi connectivity index (χ2v) is 12.6. The van der Waals surface area contributed by atoms with Crippen molar-refractivity contribution >= 4 is 16.8 Å². The number of likely N-dealkylation sites (tertiary alicyclic amines) is 2. The zero-order valence-corrected chi connectivity index (χ0v) is 23.2. The maximum atomic E-state index is 14.2. The number of para-hydroxylation sites is 1. The van der Waals surface area contributed by atoms with Crippen molar-refractivity contribution in [1.29, 1.82) is 0 Å². The lowest BCUT2D eigenvalue weighted by molar-refractivity contribution is 0.0879. The van der Waals surface area contributed by atoms with Crippen molar-refractivity contribution < 1.29 is 4.79 Å². The molecule has 5 nitrogen and oxygen atoms in total. The van der Waals surface area contributed by atoms with Gasteiger partial charge in [0.1, 0.15) is 0 Å². The molecule has 2 aliphatic heterocycles. The molecule has 2 saturated heterocycles. The van der Waals surface area contributed by atoms with Crippen molar-refractivity contribution in [1.82, 2.24) is 20.1 Å². The van der Waals surface area contributed by atoms with Gasteiger partial charge in [-0.3, -0.25) is 9.69 Å². The molecule has 2 aromatic carbocycles. The van der Waals surface area contributed by atoms with Crippen LogP contribution in [0.25, 0.3) is 22.2 Å². The molecule has 0 radical (unpaired) electrons. The molecule has 0 spiro atoms. The van der Waals surface area contributed by atoms with Gasteiger partial charge in [-0.05, 0) is 89.0 Å². The molecule has 2 saturated carbocycles. The van der Waals surface area contributed by atoms with Crippen LogP contribution in [0.2, 0.25) is 0 Å². The summed E-state index contributed by atoms with van der Waals surface area (Å²) >= 11 is 0. The quantitative estimate of drug-likeness (QED) is 0.415. The first-order valence-electron chi connectivity index (χ1n) is 15.5. The van der Waals surface area contributed by atoms with Crippen LogP contribution in [-0.4, -0.2) is 59.0 Å². The second-order valence-electron chi connectivity index (χ2n) is 12.6.